The maximum atomic E-state index is 13.0. The molecule has 0 bridgehead atoms. The van der Waals surface area contributed by atoms with Crippen LogP contribution in [0.25, 0.3) is 0 Å². The van der Waals surface area contributed by atoms with Gasteiger partial charge in [-0.05, 0) is 30.5 Å². The molecule has 0 N–H and O–H groups in total. The van der Waals surface area contributed by atoms with E-state index in [9.17, 15) is 8.42 Å². The normalized spacial score (nSPS) is 25.8. The zero-order valence-corrected chi connectivity index (χ0v) is 14.3. The van der Waals surface area contributed by atoms with Crippen molar-refractivity contribution in [2.75, 3.05) is 46.1 Å². The number of rotatable bonds is 3. The first-order valence-electron chi connectivity index (χ1n) is 8.40. The summed E-state index contributed by atoms with van der Waals surface area (Å²) in [5.74, 6) is 1.43. The molecule has 0 aromatic heterocycles. The molecule has 0 aliphatic carbocycles. The van der Waals surface area contributed by atoms with Crippen LogP contribution in [0.4, 0.5) is 0 Å². The predicted molar refractivity (Wildman–Crippen MR) is 87.4 cm³/mol. The van der Waals surface area contributed by atoms with Crippen LogP contribution in [0.3, 0.4) is 0 Å². The molecule has 0 amide bonds. The average molecular weight is 354 g/mol. The van der Waals surface area contributed by atoms with Crippen LogP contribution in [-0.2, 0) is 14.9 Å². The molecule has 3 heterocycles. The summed E-state index contributed by atoms with van der Waals surface area (Å²) in [5, 5.41) is 0. The minimum absolute atomic E-state index is 0.145. The van der Waals surface area contributed by atoms with Gasteiger partial charge in [0.15, 0.2) is 11.5 Å². The van der Waals surface area contributed by atoms with E-state index in [0.717, 1.165) is 24.2 Å². The van der Waals surface area contributed by atoms with Crippen LogP contribution in [0.1, 0.15) is 24.4 Å². The van der Waals surface area contributed by atoms with Gasteiger partial charge in [-0.3, -0.25) is 0 Å². The molecular weight excluding hydrogens is 332 g/mol. The van der Waals surface area contributed by atoms with E-state index >= 15 is 0 Å². The van der Waals surface area contributed by atoms with Gasteiger partial charge in [0, 0.05) is 19.6 Å². The van der Waals surface area contributed by atoms with Crippen molar-refractivity contribution < 1.29 is 22.6 Å². The van der Waals surface area contributed by atoms with Crippen LogP contribution >= 0.6 is 0 Å². The number of benzene rings is 1. The monoisotopic (exact) mass is 354 g/mol. The van der Waals surface area contributed by atoms with Crippen molar-refractivity contribution >= 4 is 10.2 Å². The highest BCUT2D eigenvalue weighted by Gasteiger charge is 2.39. The Morgan fingerprint density at radius 1 is 0.958 bits per heavy atom. The van der Waals surface area contributed by atoms with Crippen LogP contribution in [0.5, 0.6) is 11.5 Å². The third-order valence-electron chi connectivity index (χ3n) is 4.75. The summed E-state index contributed by atoms with van der Waals surface area (Å²) < 4.78 is 45.6. The molecule has 0 saturated carbocycles. The van der Waals surface area contributed by atoms with Crippen LogP contribution in [0.15, 0.2) is 18.2 Å². The highest BCUT2D eigenvalue weighted by Crippen LogP contribution is 2.39. The topological polar surface area (TPSA) is 68.3 Å². The van der Waals surface area contributed by atoms with E-state index in [4.69, 9.17) is 14.2 Å². The molecule has 3 aliphatic rings. The van der Waals surface area contributed by atoms with Gasteiger partial charge in [0.2, 0.25) is 0 Å². The van der Waals surface area contributed by atoms with Crippen LogP contribution in [-0.4, -0.2) is 63.1 Å². The lowest BCUT2D eigenvalue weighted by Gasteiger charge is -2.33. The Hall–Kier alpha value is -1.35. The van der Waals surface area contributed by atoms with Gasteiger partial charge in [-0.25, -0.2) is 0 Å². The van der Waals surface area contributed by atoms with Crippen molar-refractivity contribution in [1.82, 2.24) is 8.61 Å². The van der Waals surface area contributed by atoms with E-state index in [1.807, 2.05) is 18.2 Å². The van der Waals surface area contributed by atoms with E-state index in [-0.39, 0.29) is 6.04 Å². The van der Waals surface area contributed by atoms with Crippen molar-refractivity contribution in [3.05, 3.63) is 23.8 Å². The summed E-state index contributed by atoms with van der Waals surface area (Å²) in [7, 11) is -3.47. The molecule has 0 spiro atoms. The molecule has 4 rings (SSSR count). The maximum Gasteiger partial charge on any atom is 0.282 e. The second kappa shape index (κ2) is 6.51. The molecule has 24 heavy (non-hydrogen) atoms. The zero-order valence-electron chi connectivity index (χ0n) is 13.5. The lowest BCUT2D eigenvalue weighted by molar-refractivity contribution is 0.0699. The van der Waals surface area contributed by atoms with Gasteiger partial charge in [0.25, 0.3) is 10.2 Å². The number of hydrogen-bond acceptors (Lipinski definition) is 5. The van der Waals surface area contributed by atoms with E-state index in [0.29, 0.717) is 51.8 Å². The van der Waals surface area contributed by atoms with E-state index in [1.54, 1.807) is 4.31 Å². The lowest BCUT2D eigenvalue weighted by Crippen LogP contribution is -2.48. The van der Waals surface area contributed by atoms with E-state index in [1.165, 1.54) is 4.31 Å². The average Bonchev–Trinajstić information content (AvgIpc) is 3.13. The predicted octanol–water partition coefficient (Wildman–Crippen LogP) is 1.17. The molecule has 1 aromatic rings. The van der Waals surface area contributed by atoms with E-state index < -0.39 is 10.2 Å². The number of ether oxygens (including phenoxy) is 3. The SMILES string of the molecule is O=S(=O)(N1CCOCC1)N1CCCC1c1ccc2c(c1)OCCO2. The third kappa shape index (κ3) is 2.88. The Morgan fingerprint density at radius 2 is 1.71 bits per heavy atom. The van der Waals surface area contributed by atoms with Gasteiger partial charge >= 0.3 is 0 Å². The summed E-state index contributed by atoms with van der Waals surface area (Å²) in [6.45, 7) is 3.39. The Morgan fingerprint density at radius 3 is 2.50 bits per heavy atom. The molecule has 1 atom stereocenters. The number of hydrogen-bond donors (Lipinski definition) is 0. The molecular formula is C16H22N2O5S. The Balaban J connectivity index is 1.60. The molecule has 8 heteroatoms. The first-order valence-corrected chi connectivity index (χ1v) is 9.80. The smallest absolute Gasteiger partial charge is 0.282 e. The Kier molecular flexibility index (Phi) is 4.38. The van der Waals surface area contributed by atoms with Crippen LogP contribution in [0.2, 0.25) is 0 Å². The first-order chi connectivity index (χ1) is 11.7. The van der Waals surface area contributed by atoms with Gasteiger partial charge in [-0.15, -0.1) is 0 Å². The second-order valence-electron chi connectivity index (χ2n) is 6.19. The summed E-state index contributed by atoms with van der Waals surface area (Å²) in [5.41, 5.74) is 0.966. The standard InChI is InChI=1S/C16H22N2O5S/c19-24(20,17-6-8-21-9-7-17)18-5-1-2-14(18)13-3-4-15-16(12-13)23-11-10-22-15/h3-4,12,14H,1-2,5-11H2. The van der Waals surface area contributed by atoms with E-state index in [2.05, 4.69) is 0 Å². The quantitative estimate of drug-likeness (QED) is 0.815. The van der Waals surface area contributed by atoms with Crippen molar-refractivity contribution in [3.63, 3.8) is 0 Å². The molecule has 3 aliphatic heterocycles. The second-order valence-corrected chi connectivity index (χ2v) is 8.07. The fraction of sp³-hybridized carbons (Fsp3) is 0.625. The third-order valence-corrected chi connectivity index (χ3v) is 6.79. The summed E-state index contributed by atoms with van der Waals surface area (Å²) in [4.78, 5) is 0. The summed E-state index contributed by atoms with van der Waals surface area (Å²) >= 11 is 0. The minimum atomic E-state index is -3.47. The zero-order chi connectivity index (χ0) is 16.6. The molecule has 7 nitrogen and oxygen atoms in total. The molecule has 2 fully saturated rings. The van der Waals surface area contributed by atoms with Gasteiger partial charge in [-0.1, -0.05) is 6.07 Å². The molecule has 132 valence electrons. The van der Waals surface area contributed by atoms with Crippen molar-refractivity contribution in [1.29, 1.82) is 0 Å². The summed E-state index contributed by atoms with van der Waals surface area (Å²) in [6.07, 6.45) is 1.69. The van der Waals surface area contributed by atoms with Crippen molar-refractivity contribution in [2.24, 2.45) is 0 Å². The lowest BCUT2D eigenvalue weighted by atomic mass is 10.0. The largest absolute Gasteiger partial charge is 0.486 e. The number of fused-ring (bicyclic) bond motifs is 1. The number of morpholine rings is 1. The van der Waals surface area contributed by atoms with Gasteiger partial charge in [0.1, 0.15) is 13.2 Å². The molecule has 0 radical (unpaired) electrons. The Bertz CT molecular complexity index is 702. The molecule has 1 unspecified atom stereocenters. The van der Waals surface area contributed by atoms with Gasteiger partial charge < -0.3 is 14.2 Å². The van der Waals surface area contributed by atoms with Crippen molar-refractivity contribution in [3.8, 4) is 11.5 Å². The Labute approximate surface area is 142 Å². The number of nitrogens with zero attached hydrogens (tertiary/aromatic N) is 2. The van der Waals surface area contributed by atoms with Crippen molar-refractivity contribution in [2.45, 2.75) is 18.9 Å². The maximum absolute atomic E-state index is 13.0. The molecule has 2 saturated heterocycles. The first kappa shape index (κ1) is 16.1. The minimum Gasteiger partial charge on any atom is -0.486 e. The van der Waals surface area contributed by atoms with Gasteiger partial charge in [0.05, 0.1) is 19.3 Å². The fourth-order valence-corrected chi connectivity index (χ4v) is 5.36. The molecule has 1 aromatic carbocycles. The summed E-state index contributed by atoms with van der Waals surface area (Å²) in [6, 6.07) is 5.60. The van der Waals surface area contributed by atoms with Crippen LogP contribution in [0, 0.1) is 0 Å². The van der Waals surface area contributed by atoms with Gasteiger partial charge in [-0.2, -0.15) is 17.0 Å². The fourth-order valence-electron chi connectivity index (χ4n) is 3.54. The van der Waals surface area contributed by atoms with Crippen LogP contribution < -0.4 is 9.47 Å². The highest BCUT2D eigenvalue weighted by molar-refractivity contribution is 7.86. The highest BCUT2D eigenvalue weighted by atomic mass is 32.2.